The second-order valence-electron chi connectivity index (χ2n) is 5.48. The zero-order valence-electron chi connectivity index (χ0n) is 12.5. The minimum Gasteiger partial charge on any atom is -0.372 e. The number of carbonyl (C=O) groups excluding carboxylic acids is 1. The summed E-state index contributed by atoms with van der Waals surface area (Å²) in [6.45, 7) is 2.80. The van der Waals surface area contributed by atoms with E-state index in [1.54, 1.807) is 4.90 Å². The van der Waals surface area contributed by atoms with E-state index in [9.17, 15) is 4.79 Å². The summed E-state index contributed by atoms with van der Waals surface area (Å²) in [5.41, 5.74) is 9.76. The van der Waals surface area contributed by atoms with Crippen molar-refractivity contribution >= 4 is 5.91 Å². The van der Waals surface area contributed by atoms with Gasteiger partial charge in [0, 0.05) is 25.2 Å². The van der Waals surface area contributed by atoms with Crippen molar-refractivity contribution in [2.24, 2.45) is 5.73 Å². The fourth-order valence-corrected chi connectivity index (χ4v) is 2.70. The summed E-state index contributed by atoms with van der Waals surface area (Å²) in [7, 11) is 0. The molecule has 1 amide bonds. The highest BCUT2D eigenvalue weighted by Gasteiger charge is 2.18. The number of amides is 1. The fourth-order valence-electron chi connectivity index (χ4n) is 2.70. The second-order valence-corrected chi connectivity index (χ2v) is 5.48. The topological polar surface area (TPSA) is 55.6 Å². The lowest BCUT2D eigenvalue weighted by molar-refractivity contribution is 0.0748. The lowest BCUT2D eigenvalue weighted by Gasteiger charge is -2.22. The summed E-state index contributed by atoms with van der Waals surface area (Å²) in [6, 6.07) is 15.8. The van der Waals surface area contributed by atoms with Crippen LogP contribution in [0.25, 0.3) is 0 Å². The van der Waals surface area contributed by atoms with Crippen LogP contribution in [0.4, 0.5) is 0 Å². The van der Waals surface area contributed by atoms with E-state index < -0.39 is 0 Å². The van der Waals surface area contributed by atoms with Crippen molar-refractivity contribution < 1.29 is 9.53 Å². The molecule has 0 aromatic heterocycles. The molecule has 0 bridgehead atoms. The first-order valence-corrected chi connectivity index (χ1v) is 7.51. The number of rotatable bonds is 5. The van der Waals surface area contributed by atoms with Crippen LogP contribution >= 0.6 is 0 Å². The molecular weight excluding hydrogens is 276 g/mol. The minimum atomic E-state index is 0.0176. The van der Waals surface area contributed by atoms with Gasteiger partial charge in [-0.25, -0.2) is 0 Å². The van der Waals surface area contributed by atoms with Crippen molar-refractivity contribution in [1.82, 2.24) is 4.90 Å². The third kappa shape index (κ3) is 3.18. The predicted octanol–water partition coefficient (Wildman–Crippen LogP) is 2.32. The van der Waals surface area contributed by atoms with Crippen LogP contribution in [0.3, 0.4) is 0 Å². The van der Waals surface area contributed by atoms with E-state index in [4.69, 9.17) is 10.5 Å². The molecule has 22 heavy (non-hydrogen) atoms. The summed E-state index contributed by atoms with van der Waals surface area (Å²) in [5.74, 6) is 0.0176. The molecule has 0 saturated carbocycles. The van der Waals surface area contributed by atoms with Crippen molar-refractivity contribution in [2.45, 2.75) is 19.8 Å². The van der Waals surface area contributed by atoms with Gasteiger partial charge in [0.25, 0.3) is 5.91 Å². The van der Waals surface area contributed by atoms with E-state index in [0.29, 0.717) is 38.4 Å². The maximum atomic E-state index is 12.8. The standard InChI is InChI=1S/C18H20N2O2/c19-8-9-20(11-14-4-2-1-3-5-14)18(21)15-6-7-16-12-22-13-17(16)10-15/h1-7,10H,8-9,11-13,19H2. The van der Waals surface area contributed by atoms with Crippen LogP contribution in [-0.2, 0) is 24.5 Å². The van der Waals surface area contributed by atoms with E-state index in [1.807, 2.05) is 48.5 Å². The van der Waals surface area contributed by atoms with Gasteiger partial charge in [0.1, 0.15) is 0 Å². The number of hydrogen-bond acceptors (Lipinski definition) is 3. The third-order valence-electron chi connectivity index (χ3n) is 3.87. The maximum Gasteiger partial charge on any atom is 0.254 e. The molecule has 0 aliphatic carbocycles. The molecule has 0 fully saturated rings. The van der Waals surface area contributed by atoms with E-state index in [0.717, 1.165) is 11.1 Å². The van der Waals surface area contributed by atoms with E-state index >= 15 is 0 Å². The fraction of sp³-hybridized carbons (Fsp3) is 0.278. The number of fused-ring (bicyclic) bond motifs is 1. The number of nitrogens with two attached hydrogens (primary N) is 1. The summed E-state index contributed by atoms with van der Waals surface area (Å²) in [6.07, 6.45) is 0. The molecule has 0 radical (unpaired) electrons. The van der Waals surface area contributed by atoms with E-state index in [-0.39, 0.29) is 5.91 Å². The van der Waals surface area contributed by atoms with Crippen LogP contribution < -0.4 is 5.73 Å². The lowest BCUT2D eigenvalue weighted by atomic mass is 10.1. The summed E-state index contributed by atoms with van der Waals surface area (Å²) >= 11 is 0. The molecule has 0 saturated heterocycles. The molecule has 1 aliphatic heterocycles. The SMILES string of the molecule is NCCN(Cc1ccccc1)C(=O)c1ccc2c(c1)COC2. The lowest BCUT2D eigenvalue weighted by Crippen LogP contribution is -2.35. The van der Waals surface area contributed by atoms with Crippen molar-refractivity contribution in [3.05, 3.63) is 70.8 Å². The molecule has 4 nitrogen and oxygen atoms in total. The van der Waals surface area contributed by atoms with Gasteiger partial charge in [0.05, 0.1) is 13.2 Å². The summed E-state index contributed by atoms with van der Waals surface area (Å²) in [4.78, 5) is 14.6. The highest BCUT2D eigenvalue weighted by Crippen LogP contribution is 2.22. The first-order chi connectivity index (χ1) is 10.8. The zero-order chi connectivity index (χ0) is 15.4. The average Bonchev–Trinajstić information content (AvgIpc) is 3.02. The second kappa shape index (κ2) is 6.73. The molecule has 2 aromatic rings. The van der Waals surface area contributed by atoms with Crippen LogP contribution in [0.15, 0.2) is 48.5 Å². The zero-order valence-corrected chi connectivity index (χ0v) is 12.5. The number of hydrogen-bond donors (Lipinski definition) is 1. The van der Waals surface area contributed by atoms with Gasteiger partial charge in [-0.1, -0.05) is 36.4 Å². The van der Waals surface area contributed by atoms with Gasteiger partial charge < -0.3 is 15.4 Å². The Morgan fingerprint density at radius 2 is 1.86 bits per heavy atom. The monoisotopic (exact) mass is 296 g/mol. The van der Waals surface area contributed by atoms with Crippen molar-refractivity contribution in [3.63, 3.8) is 0 Å². The molecule has 114 valence electrons. The summed E-state index contributed by atoms with van der Waals surface area (Å²) in [5, 5.41) is 0. The normalized spacial score (nSPS) is 13.0. The highest BCUT2D eigenvalue weighted by molar-refractivity contribution is 5.94. The Labute approximate surface area is 130 Å². The Bertz CT molecular complexity index is 655. The quantitative estimate of drug-likeness (QED) is 0.921. The number of carbonyl (C=O) groups is 1. The minimum absolute atomic E-state index is 0.0176. The molecule has 0 unspecified atom stereocenters. The molecule has 3 rings (SSSR count). The third-order valence-corrected chi connectivity index (χ3v) is 3.87. The van der Waals surface area contributed by atoms with E-state index in [1.165, 1.54) is 5.56 Å². The van der Waals surface area contributed by atoms with Gasteiger partial charge in [-0.05, 0) is 28.8 Å². The number of ether oxygens (including phenoxy) is 1. The Kier molecular flexibility index (Phi) is 4.51. The van der Waals surface area contributed by atoms with Crippen LogP contribution in [0.2, 0.25) is 0 Å². The predicted molar refractivity (Wildman–Crippen MR) is 85.2 cm³/mol. The molecule has 1 aliphatic rings. The Hall–Kier alpha value is -2.17. The molecule has 2 aromatic carbocycles. The van der Waals surface area contributed by atoms with Gasteiger partial charge in [-0.15, -0.1) is 0 Å². The first kappa shape index (κ1) is 14.8. The summed E-state index contributed by atoms with van der Waals surface area (Å²) < 4.78 is 5.41. The van der Waals surface area contributed by atoms with Gasteiger partial charge >= 0.3 is 0 Å². The van der Waals surface area contributed by atoms with Crippen LogP contribution in [0.5, 0.6) is 0 Å². The molecule has 2 N–H and O–H groups in total. The van der Waals surface area contributed by atoms with Crippen molar-refractivity contribution in [2.75, 3.05) is 13.1 Å². The van der Waals surface area contributed by atoms with Gasteiger partial charge in [-0.2, -0.15) is 0 Å². The number of benzene rings is 2. The Balaban J connectivity index is 1.80. The Morgan fingerprint density at radius 1 is 1.09 bits per heavy atom. The van der Waals surface area contributed by atoms with Gasteiger partial charge in [0.15, 0.2) is 0 Å². The molecule has 1 heterocycles. The number of nitrogens with zero attached hydrogens (tertiary/aromatic N) is 1. The van der Waals surface area contributed by atoms with E-state index in [2.05, 4.69) is 0 Å². The molecule has 0 spiro atoms. The van der Waals surface area contributed by atoms with Gasteiger partial charge in [0.2, 0.25) is 0 Å². The van der Waals surface area contributed by atoms with Crippen molar-refractivity contribution in [3.8, 4) is 0 Å². The van der Waals surface area contributed by atoms with Crippen molar-refractivity contribution in [1.29, 1.82) is 0 Å². The first-order valence-electron chi connectivity index (χ1n) is 7.51. The molecule has 4 heteroatoms. The largest absolute Gasteiger partial charge is 0.372 e. The molecular formula is C18H20N2O2. The van der Waals surface area contributed by atoms with Gasteiger partial charge in [-0.3, -0.25) is 4.79 Å². The maximum absolute atomic E-state index is 12.8. The highest BCUT2D eigenvalue weighted by atomic mass is 16.5. The Morgan fingerprint density at radius 3 is 2.64 bits per heavy atom. The molecule has 0 atom stereocenters. The smallest absolute Gasteiger partial charge is 0.254 e. The average molecular weight is 296 g/mol. The van der Waals surface area contributed by atoms with Crippen LogP contribution in [0, 0.1) is 0 Å². The van der Waals surface area contributed by atoms with Crippen LogP contribution in [0.1, 0.15) is 27.0 Å². The van der Waals surface area contributed by atoms with Crippen LogP contribution in [-0.4, -0.2) is 23.9 Å².